The van der Waals surface area contributed by atoms with Gasteiger partial charge in [-0.2, -0.15) is 0 Å². The number of nitrogens with zero attached hydrogens (tertiary/aromatic N) is 1. The van der Waals surface area contributed by atoms with E-state index in [9.17, 15) is 9.59 Å². The van der Waals surface area contributed by atoms with Gasteiger partial charge in [0.25, 0.3) is 5.91 Å². The number of amides is 1. The fourth-order valence-electron chi connectivity index (χ4n) is 2.41. The third kappa shape index (κ3) is 6.64. The fraction of sp³-hybridized carbons (Fsp3) is 0.263. The standard InChI is InChI=1S/C10H14N2.C9H9NO3/c1-2-4-10(5-3-1)12-8-6-11-7-9-12;11-8(12)6-10-9(13)7-4-2-1-3-5-7/h1-5,11H,6-9H2;1-5H,6H2,(H,10,13)(H,11,12). The van der Waals surface area contributed by atoms with Crippen molar-refractivity contribution in [1.82, 2.24) is 10.6 Å². The molecule has 0 spiro atoms. The van der Waals surface area contributed by atoms with Gasteiger partial charge in [0.2, 0.25) is 0 Å². The second kappa shape index (κ2) is 10.1. The molecule has 1 heterocycles. The summed E-state index contributed by atoms with van der Waals surface area (Å²) < 4.78 is 0. The van der Waals surface area contributed by atoms with Gasteiger partial charge in [0, 0.05) is 37.4 Å². The number of carbonyl (C=O) groups excluding carboxylic acids is 1. The van der Waals surface area contributed by atoms with Gasteiger partial charge in [-0.3, -0.25) is 9.59 Å². The topological polar surface area (TPSA) is 81.7 Å². The van der Waals surface area contributed by atoms with Gasteiger partial charge < -0.3 is 20.6 Å². The van der Waals surface area contributed by atoms with E-state index in [2.05, 4.69) is 45.9 Å². The summed E-state index contributed by atoms with van der Waals surface area (Å²) in [5.74, 6) is -1.42. The van der Waals surface area contributed by atoms with Crippen LogP contribution in [0.1, 0.15) is 10.4 Å². The smallest absolute Gasteiger partial charge is 0.322 e. The van der Waals surface area contributed by atoms with Crippen LogP contribution in [0.25, 0.3) is 0 Å². The summed E-state index contributed by atoms with van der Waals surface area (Å²) in [4.78, 5) is 23.7. The van der Waals surface area contributed by atoms with Gasteiger partial charge >= 0.3 is 5.97 Å². The number of hydrogen-bond donors (Lipinski definition) is 3. The van der Waals surface area contributed by atoms with Crippen molar-refractivity contribution in [2.24, 2.45) is 0 Å². The largest absolute Gasteiger partial charge is 0.480 e. The van der Waals surface area contributed by atoms with Gasteiger partial charge in [-0.25, -0.2) is 0 Å². The predicted octanol–water partition coefficient (Wildman–Crippen LogP) is 1.60. The van der Waals surface area contributed by atoms with Crippen LogP contribution in [0.5, 0.6) is 0 Å². The van der Waals surface area contributed by atoms with Crippen LogP contribution in [-0.4, -0.2) is 49.7 Å². The molecule has 0 atom stereocenters. The summed E-state index contributed by atoms with van der Waals surface area (Å²) in [6, 6.07) is 19.1. The van der Waals surface area contributed by atoms with Crippen molar-refractivity contribution in [2.45, 2.75) is 0 Å². The number of piperazine rings is 1. The Morgan fingerprint density at radius 1 is 0.960 bits per heavy atom. The maximum Gasteiger partial charge on any atom is 0.322 e. The highest BCUT2D eigenvalue weighted by atomic mass is 16.4. The zero-order valence-corrected chi connectivity index (χ0v) is 14.0. The van der Waals surface area contributed by atoms with Crippen LogP contribution in [0.15, 0.2) is 60.7 Å². The molecule has 0 unspecified atom stereocenters. The Balaban J connectivity index is 0.000000181. The molecule has 1 saturated heterocycles. The van der Waals surface area contributed by atoms with E-state index < -0.39 is 5.97 Å². The van der Waals surface area contributed by atoms with Crippen LogP contribution in [-0.2, 0) is 4.79 Å². The lowest BCUT2D eigenvalue weighted by molar-refractivity contribution is -0.135. The molecule has 1 aliphatic heterocycles. The van der Waals surface area contributed by atoms with E-state index in [4.69, 9.17) is 5.11 Å². The van der Waals surface area contributed by atoms with E-state index in [1.165, 1.54) is 5.69 Å². The minimum absolute atomic E-state index is 0.353. The van der Waals surface area contributed by atoms with Crippen LogP contribution >= 0.6 is 0 Å². The summed E-state index contributed by atoms with van der Waals surface area (Å²) >= 11 is 0. The van der Waals surface area contributed by atoms with Crippen LogP contribution in [0.2, 0.25) is 0 Å². The van der Waals surface area contributed by atoms with E-state index in [1.807, 2.05) is 0 Å². The van der Waals surface area contributed by atoms with Gasteiger partial charge in [-0.1, -0.05) is 36.4 Å². The summed E-state index contributed by atoms with van der Waals surface area (Å²) in [6.45, 7) is 4.12. The Morgan fingerprint density at radius 3 is 2.08 bits per heavy atom. The average molecular weight is 341 g/mol. The SMILES string of the molecule is O=C(O)CNC(=O)c1ccccc1.c1ccc(N2CCNCC2)cc1. The highest BCUT2D eigenvalue weighted by Crippen LogP contribution is 2.12. The molecule has 25 heavy (non-hydrogen) atoms. The minimum Gasteiger partial charge on any atom is -0.480 e. The molecular weight excluding hydrogens is 318 g/mol. The molecule has 0 bridgehead atoms. The van der Waals surface area contributed by atoms with Crippen molar-refractivity contribution < 1.29 is 14.7 Å². The van der Waals surface area contributed by atoms with Crippen molar-refractivity contribution in [1.29, 1.82) is 0 Å². The van der Waals surface area contributed by atoms with Crippen molar-refractivity contribution in [2.75, 3.05) is 37.6 Å². The average Bonchev–Trinajstić information content (AvgIpc) is 2.68. The number of benzene rings is 2. The van der Waals surface area contributed by atoms with Crippen molar-refractivity contribution in [3.63, 3.8) is 0 Å². The highest BCUT2D eigenvalue weighted by Gasteiger charge is 2.08. The lowest BCUT2D eigenvalue weighted by atomic mass is 10.2. The molecule has 1 amide bonds. The normalized spacial score (nSPS) is 13.4. The Bertz CT molecular complexity index is 656. The van der Waals surface area contributed by atoms with Crippen molar-refractivity contribution in [3.8, 4) is 0 Å². The first-order chi connectivity index (χ1) is 12.2. The number of nitrogens with one attached hydrogen (secondary N) is 2. The zero-order chi connectivity index (χ0) is 17.9. The number of aliphatic carboxylic acids is 1. The number of rotatable bonds is 4. The summed E-state index contributed by atoms with van der Waals surface area (Å²) in [5, 5.41) is 13.9. The maximum atomic E-state index is 11.2. The third-order valence-electron chi connectivity index (χ3n) is 3.67. The van der Waals surface area contributed by atoms with E-state index >= 15 is 0 Å². The summed E-state index contributed by atoms with van der Waals surface area (Å²) in [5.41, 5.74) is 1.81. The van der Waals surface area contributed by atoms with E-state index in [0.717, 1.165) is 26.2 Å². The predicted molar refractivity (Wildman–Crippen MR) is 97.9 cm³/mol. The molecule has 2 aromatic rings. The van der Waals surface area contributed by atoms with E-state index in [-0.39, 0.29) is 12.5 Å². The number of hydrogen-bond acceptors (Lipinski definition) is 4. The van der Waals surface area contributed by atoms with Crippen LogP contribution < -0.4 is 15.5 Å². The highest BCUT2D eigenvalue weighted by molar-refractivity contribution is 5.95. The molecule has 1 aliphatic rings. The van der Waals surface area contributed by atoms with Crippen LogP contribution in [0, 0.1) is 0 Å². The molecule has 6 heteroatoms. The van der Waals surface area contributed by atoms with Gasteiger partial charge in [0.1, 0.15) is 6.54 Å². The summed E-state index contributed by atoms with van der Waals surface area (Å²) in [6.07, 6.45) is 0. The Labute approximate surface area is 147 Å². The van der Waals surface area contributed by atoms with Crippen molar-refractivity contribution >= 4 is 17.6 Å². The first-order valence-corrected chi connectivity index (χ1v) is 8.22. The fourth-order valence-corrected chi connectivity index (χ4v) is 2.41. The Kier molecular flexibility index (Phi) is 7.46. The van der Waals surface area contributed by atoms with E-state index in [0.29, 0.717) is 5.56 Å². The molecule has 0 radical (unpaired) electrons. The van der Waals surface area contributed by atoms with Crippen LogP contribution in [0.3, 0.4) is 0 Å². The number of para-hydroxylation sites is 1. The Hall–Kier alpha value is -2.86. The lowest BCUT2D eigenvalue weighted by Gasteiger charge is -2.29. The molecule has 0 saturated carbocycles. The monoisotopic (exact) mass is 341 g/mol. The Morgan fingerprint density at radius 2 is 1.52 bits per heavy atom. The number of anilines is 1. The van der Waals surface area contributed by atoms with Gasteiger partial charge in [-0.15, -0.1) is 0 Å². The summed E-state index contributed by atoms with van der Waals surface area (Å²) in [7, 11) is 0. The number of carboxylic acid groups (broad SMARTS) is 1. The molecule has 2 aromatic carbocycles. The molecular formula is C19H23N3O3. The second-order valence-electron chi connectivity index (χ2n) is 5.52. The zero-order valence-electron chi connectivity index (χ0n) is 14.0. The molecule has 6 nitrogen and oxygen atoms in total. The second-order valence-corrected chi connectivity index (χ2v) is 5.52. The quantitative estimate of drug-likeness (QED) is 0.787. The molecule has 132 valence electrons. The molecule has 3 rings (SSSR count). The minimum atomic E-state index is -1.05. The molecule has 1 fully saturated rings. The van der Waals surface area contributed by atoms with Crippen molar-refractivity contribution in [3.05, 3.63) is 66.2 Å². The maximum absolute atomic E-state index is 11.2. The van der Waals surface area contributed by atoms with Gasteiger partial charge in [-0.05, 0) is 24.3 Å². The van der Waals surface area contributed by atoms with Crippen LogP contribution in [0.4, 0.5) is 5.69 Å². The van der Waals surface area contributed by atoms with E-state index in [1.54, 1.807) is 30.3 Å². The number of carbonyl (C=O) groups is 2. The first kappa shape index (κ1) is 18.5. The third-order valence-corrected chi connectivity index (χ3v) is 3.67. The first-order valence-electron chi connectivity index (χ1n) is 8.22. The van der Waals surface area contributed by atoms with Gasteiger partial charge in [0.15, 0.2) is 0 Å². The lowest BCUT2D eigenvalue weighted by Crippen LogP contribution is -2.43. The molecule has 3 N–H and O–H groups in total. The number of carboxylic acids is 1. The molecule has 0 aromatic heterocycles. The van der Waals surface area contributed by atoms with Gasteiger partial charge in [0.05, 0.1) is 0 Å². The molecule has 0 aliphatic carbocycles.